The molecule has 2 aromatic carbocycles. The molecule has 1 aliphatic rings. The number of carbonyl (C=O) groups excluding carboxylic acids is 2. The Morgan fingerprint density at radius 2 is 1.18 bits per heavy atom. The fourth-order valence-electron chi connectivity index (χ4n) is 3.86. The lowest BCUT2D eigenvalue weighted by molar-refractivity contribution is 0.0973. The van der Waals surface area contributed by atoms with Crippen LogP contribution in [0.2, 0.25) is 0 Å². The number of benzene rings is 2. The Balaban J connectivity index is 2.44. The normalized spacial score (nSPS) is 14.6. The molecule has 0 aromatic heterocycles. The molecule has 0 spiro atoms. The van der Waals surface area contributed by atoms with Gasteiger partial charge in [0.15, 0.2) is 11.6 Å². The van der Waals surface area contributed by atoms with Gasteiger partial charge in [-0.15, -0.1) is 0 Å². The van der Waals surface area contributed by atoms with Gasteiger partial charge in [-0.2, -0.15) is 16.8 Å². The van der Waals surface area contributed by atoms with Gasteiger partial charge in [0, 0.05) is 25.2 Å². The molecular formula is C20H22N2O12S4. The minimum atomic E-state index is -5.32. The summed E-state index contributed by atoms with van der Waals surface area (Å²) in [6.07, 6.45) is 1.21. The Morgan fingerprint density at radius 1 is 0.684 bits per heavy atom. The first kappa shape index (κ1) is 30.0. The molecule has 0 aliphatic heterocycles. The summed E-state index contributed by atoms with van der Waals surface area (Å²) in [5.41, 5.74) is -2.46. The monoisotopic (exact) mass is 610 g/mol. The standard InChI is InChI=1S/C20H22N2O12S4/c1-4-5-7-12-10-11-15(36(27,28)22(3)38(32,33)34)18-16(12)20(24)17-13(19(18)23)8-6-9-14(17)35(25,26)21(2)37(29,30)31/h6,8-11H,4-5,7H2,1-3H3,(H,29,30,31)(H,32,33,34). The molecule has 0 heterocycles. The molecule has 0 unspecified atom stereocenters. The zero-order valence-electron chi connectivity index (χ0n) is 20.0. The van der Waals surface area contributed by atoms with Crippen molar-refractivity contribution >= 4 is 52.2 Å². The molecule has 2 N–H and O–H groups in total. The Kier molecular flexibility index (Phi) is 7.78. The second-order valence-electron chi connectivity index (χ2n) is 8.14. The van der Waals surface area contributed by atoms with Crippen LogP contribution in [0.3, 0.4) is 0 Å². The molecule has 38 heavy (non-hydrogen) atoms. The van der Waals surface area contributed by atoms with Crippen LogP contribution in [-0.2, 0) is 47.1 Å². The Hall–Kier alpha value is -2.58. The van der Waals surface area contributed by atoms with E-state index in [2.05, 4.69) is 0 Å². The number of rotatable bonds is 9. The highest BCUT2D eigenvalue weighted by Gasteiger charge is 2.43. The number of hydrogen-bond acceptors (Lipinski definition) is 10. The number of fused-ring (bicyclic) bond motifs is 2. The van der Waals surface area contributed by atoms with Crippen molar-refractivity contribution in [1.29, 1.82) is 0 Å². The zero-order chi connectivity index (χ0) is 29.0. The van der Waals surface area contributed by atoms with Crippen LogP contribution in [0.4, 0.5) is 0 Å². The summed E-state index contributed by atoms with van der Waals surface area (Å²) in [5.74, 6) is -2.31. The summed E-state index contributed by atoms with van der Waals surface area (Å²) in [7, 11) is -19.8. The van der Waals surface area contributed by atoms with Crippen LogP contribution in [0.15, 0.2) is 40.1 Å². The fourth-order valence-corrected chi connectivity index (χ4v) is 8.28. The molecule has 3 rings (SSSR count). The van der Waals surface area contributed by atoms with E-state index in [-0.39, 0.29) is 12.0 Å². The second kappa shape index (κ2) is 9.87. The molecule has 0 atom stereocenters. The highest BCUT2D eigenvalue weighted by molar-refractivity contribution is 8.02. The molecule has 0 bridgehead atoms. The Labute approximate surface area is 219 Å². The first-order valence-corrected chi connectivity index (χ1v) is 16.3. The van der Waals surface area contributed by atoms with Crippen molar-refractivity contribution in [2.24, 2.45) is 0 Å². The van der Waals surface area contributed by atoms with Crippen LogP contribution in [0.5, 0.6) is 0 Å². The summed E-state index contributed by atoms with van der Waals surface area (Å²) >= 11 is 0. The number of nitrogens with zero attached hydrogens (tertiary/aromatic N) is 2. The molecule has 2 aromatic rings. The number of aryl methyl sites for hydroxylation is 1. The minimum absolute atomic E-state index is 0.140. The van der Waals surface area contributed by atoms with E-state index in [1.807, 2.05) is 6.92 Å². The van der Waals surface area contributed by atoms with E-state index in [0.717, 1.165) is 30.3 Å². The quantitative estimate of drug-likeness (QED) is 0.319. The Morgan fingerprint density at radius 3 is 1.66 bits per heavy atom. The average Bonchev–Trinajstić information content (AvgIpc) is 2.82. The van der Waals surface area contributed by atoms with Crippen molar-refractivity contribution in [3.63, 3.8) is 0 Å². The molecule has 0 fully saturated rings. The van der Waals surface area contributed by atoms with E-state index < -0.39 is 91.7 Å². The van der Waals surface area contributed by atoms with Crippen LogP contribution in [0.25, 0.3) is 0 Å². The van der Waals surface area contributed by atoms with Gasteiger partial charge < -0.3 is 0 Å². The third-order valence-corrected chi connectivity index (χ3v) is 12.6. The van der Waals surface area contributed by atoms with Gasteiger partial charge in [-0.25, -0.2) is 16.8 Å². The first-order valence-electron chi connectivity index (χ1n) is 10.6. The number of sulfonamides is 2. The summed E-state index contributed by atoms with van der Waals surface area (Å²) in [5, 5.41) is 0. The summed E-state index contributed by atoms with van der Waals surface area (Å²) < 4.78 is 116. The number of ketones is 2. The van der Waals surface area contributed by atoms with Crippen molar-refractivity contribution in [2.45, 2.75) is 36.0 Å². The van der Waals surface area contributed by atoms with Gasteiger partial charge in [-0.3, -0.25) is 18.7 Å². The first-order chi connectivity index (χ1) is 17.3. The summed E-state index contributed by atoms with van der Waals surface area (Å²) in [6.45, 7) is 1.81. The maximum atomic E-state index is 13.8. The van der Waals surface area contributed by atoms with E-state index in [4.69, 9.17) is 0 Å². The van der Waals surface area contributed by atoms with Crippen LogP contribution >= 0.6 is 0 Å². The highest BCUT2D eigenvalue weighted by Crippen LogP contribution is 2.38. The highest BCUT2D eigenvalue weighted by atomic mass is 32.3. The smallest absolute Gasteiger partial charge is 0.289 e. The topological polar surface area (TPSA) is 218 Å². The predicted molar refractivity (Wildman–Crippen MR) is 131 cm³/mol. The Bertz CT molecular complexity index is 1800. The van der Waals surface area contributed by atoms with Gasteiger partial charge in [-0.05, 0) is 30.5 Å². The van der Waals surface area contributed by atoms with Crippen molar-refractivity contribution in [1.82, 2.24) is 7.42 Å². The molecule has 0 saturated carbocycles. The second-order valence-corrected chi connectivity index (χ2v) is 15.4. The number of carbonyl (C=O) groups is 2. The molecular weight excluding hydrogens is 588 g/mol. The molecule has 0 saturated heterocycles. The van der Waals surface area contributed by atoms with Gasteiger partial charge in [0.1, 0.15) is 0 Å². The van der Waals surface area contributed by atoms with Crippen molar-refractivity contribution in [3.05, 3.63) is 58.1 Å². The van der Waals surface area contributed by atoms with Crippen LogP contribution in [-0.4, -0.2) is 75.9 Å². The van der Waals surface area contributed by atoms with Gasteiger partial charge in [0.2, 0.25) is 0 Å². The van der Waals surface area contributed by atoms with Crippen molar-refractivity contribution < 1.29 is 52.4 Å². The molecule has 208 valence electrons. The predicted octanol–water partition coefficient (Wildman–Crippen LogP) is 0.651. The van der Waals surface area contributed by atoms with Crippen LogP contribution in [0.1, 0.15) is 57.2 Å². The lowest BCUT2D eigenvalue weighted by atomic mass is 9.81. The molecule has 18 heteroatoms. The van der Waals surface area contributed by atoms with Crippen molar-refractivity contribution in [2.75, 3.05) is 14.1 Å². The van der Waals surface area contributed by atoms with Crippen LogP contribution in [0, 0.1) is 0 Å². The van der Waals surface area contributed by atoms with E-state index in [0.29, 0.717) is 26.9 Å². The van der Waals surface area contributed by atoms with Crippen LogP contribution < -0.4 is 0 Å². The maximum absolute atomic E-state index is 13.8. The van der Waals surface area contributed by atoms with E-state index >= 15 is 0 Å². The summed E-state index contributed by atoms with van der Waals surface area (Å²) in [4.78, 5) is 25.6. The van der Waals surface area contributed by atoms with E-state index in [1.54, 1.807) is 0 Å². The molecule has 1 aliphatic carbocycles. The van der Waals surface area contributed by atoms with Gasteiger partial charge >= 0.3 is 20.6 Å². The lowest BCUT2D eigenvalue weighted by Gasteiger charge is -2.26. The summed E-state index contributed by atoms with van der Waals surface area (Å²) in [6, 6.07) is 4.91. The molecule has 0 radical (unpaired) electrons. The van der Waals surface area contributed by atoms with E-state index in [1.165, 1.54) is 0 Å². The fraction of sp³-hybridized carbons (Fsp3) is 0.300. The third-order valence-electron chi connectivity index (χ3n) is 5.89. The lowest BCUT2D eigenvalue weighted by Crippen LogP contribution is -2.36. The molecule has 14 nitrogen and oxygen atoms in total. The van der Waals surface area contributed by atoms with E-state index in [9.17, 15) is 52.4 Å². The average molecular weight is 611 g/mol. The third kappa shape index (κ3) is 4.93. The number of hydrogen-bond donors (Lipinski definition) is 2. The van der Waals surface area contributed by atoms with Crippen molar-refractivity contribution in [3.8, 4) is 0 Å². The number of unbranched alkanes of at least 4 members (excludes halogenated alkanes) is 1. The van der Waals surface area contributed by atoms with Gasteiger partial charge in [-0.1, -0.05) is 39.0 Å². The largest absolute Gasteiger partial charge is 0.349 e. The zero-order valence-corrected chi connectivity index (χ0v) is 23.3. The van der Waals surface area contributed by atoms with Gasteiger partial charge in [0.25, 0.3) is 20.0 Å². The SMILES string of the molecule is CCCCc1ccc(S(=O)(=O)N(C)S(=O)(=O)O)c2c1C(=O)c1c(cccc1S(=O)(=O)N(C)S(=O)(=O)O)C2=O. The van der Waals surface area contributed by atoms with Gasteiger partial charge in [0.05, 0.1) is 20.9 Å². The minimum Gasteiger partial charge on any atom is -0.289 e. The molecule has 0 amide bonds. The maximum Gasteiger partial charge on any atom is 0.349 e.